The fourth-order valence-corrected chi connectivity index (χ4v) is 2.33. The van der Waals surface area contributed by atoms with Crippen molar-refractivity contribution in [3.63, 3.8) is 0 Å². The molecule has 0 radical (unpaired) electrons. The third-order valence-electron chi connectivity index (χ3n) is 2.60. The first-order valence-corrected chi connectivity index (χ1v) is 6.52. The summed E-state index contributed by atoms with van der Waals surface area (Å²) in [4.78, 5) is 0.913. The Bertz CT molecular complexity index is 542. The highest BCUT2D eigenvalue weighted by molar-refractivity contribution is 7.10. The fourth-order valence-electron chi connectivity index (χ4n) is 1.58. The lowest BCUT2D eigenvalue weighted by Crippen LogP contribution is -2.33. The van der Waals surface area contributed by atoms with Gasteiger partial charge in [0.05, 0.1) is 6.04 Å². The number of hydrogen-bond acceptors (Lipinski definition) is 3. The van der Waals surface area contributed by atoms with Crippen LogP contribution in [0.15, 0.2) is 41.8 Å². The average molecular weight is 305 g/mol. The molecule has 1 atom stereocenters. The molecule has 0 saturated heterocycles. The molecule has 1 aromatic heterocycles. The van der Waals surface area contributed by atoms with Gasteiger partial charge in [-0.1, -0.05) is 18.2 Å². The van der Waals surface area contributed by atoms with E-state index in [-0.39, 0.29) is 11.8 Å². The van der Waals surface area contributed by atoms with Gasteiger partial charge in [-0.2, -0.15) is 17.6 Å². The van der Waals surface area contributed by atoms with E-state index in [1.165, 1.54) is 35.6 Å². The summed E-state index contributed by atoms with van der Waals surface area (Å²) in [5, 5.41) is 1.87. The Morgan fingerprint density at radius 3 is 2.25 bits per heavy atom. The zero-order valence-corrected chi connectivity index (χ0v) is 10.9. The molecule has 0 amide bonds. The Balaban J connectivity index is 2.11. The molecule has 108 valence electrons. The lowest BCUT2D eigenvalue weighted by molar-refractivity contribution is -0.253. The molecule has 2 aromatic rings. The van der Waals surface area contributed by atoms with Crippen molar-refractivity contribution >= 4 is 11.3 Å². The number of halogens is 4. The van der Waals surface area contributed by atoms with Crippen LogP contribution in [0.2, 0.25) is 0 Å². The van der Waals surface area contributed by atoms with Gasteiger partial charge in [0.25, 0.3) is 0 Å². The topological polar surface area (TPSA) is 35.2 Å². The molecular weight excluding hydrogens is 294 g/mol. The Hall–Kier alpha value is -1.60. The van der Waals surface area contributed by atoms with Gasteiger partial charge in [-0.3, -0.25) is 0 Å². The second-order valence-electron chi connectivity index (χ2n) is 4.03. The van der Waals surface area contributed by atoms with Crippen LogP contribution in [0, 0.1) is 0 Å². The largest absolute Gasteiger partial charge is 0.461 e. The number of thiophene rings is 1. The molecule has 0 bridgehead atoms. The summed E-state index contributed by atoms with van der Waals surface area (Å²) in [6.07, 6.45) is -8.38. The maximum absolute atomic E-state index is 12.7. The molecule has 0 aliphatic rings. The van der Waals surface area contributed by atoms with Crippen molar-refractivity contribution < 1.29 is 22.3 Å². The summed E-state index contributed by atoms with van der Waals surface area (Å²) in [5.74, 6) is -0.336. The van der Waals surface area contributed by atoms with Crippen molar-refractivity contribution in [2.24, 2.45) is 5.73 Å². The van der Waals surface area contributed by atoms with Crippen molar-refractivity contribution in [3.05, 3.63) is 52.2 Å². The minimum Gasteiger partial charge on any atom is -0.428 e. The predicted octanol–water partition coefficient (Wildman–Crippen LogP) is 4.03. The molecule has 1 heterocycles. The maximum atomic E-state index is 12.7. The summed E-state index contributed by atoms with van der Waals surface area (Å²) in [6.45, 7) is 0. The molecule has 7 heteroatoms. The molecule has 0 spiro atoms. The Kier molecular flexibility index (Phi) is 4.29. The highest BCUT2D eigenvalue weighted by atomic mass is 32.1. The zero-order valence-electron chi connectivity index (χ0n) is 10.1. The van der Waals surface area contributed by atoms with Gasteiger partial charge < -0.3 is 10.5 Å². The molecule has 0 fully saturated rings. The summed E-state index contributed by atoms with van der Waals surface area (Å²) < 4.78 is 53.4. The first-order chi connectivity index (χ1) is 9.40. The van der Waals surface area contributed by atoms with E-state index >= 15 is 0 Å². The van der Waals surface area contributed by atoms with Crippen LogP contribution in [0.3, 0.4) is 0 Å². The highest BCUT2D eigenvalue weighted by Crippen LogP contribution is 2.29. The number of alkyl halides is 4. The average Bonchev–Trinajstić information content (AvgIpc) is 2.92. The van der Waals surface area contributed by atoms with Crippen LogP contribution in [-0.2, 0) is 0 Å². The van der Waals surface area contributed by atoms with E-state index in [0.29, 0.717) is 5.56 Å². The van der Waals surface area contributed by atoms with Crippen LogP contribution in [-0.4, -0.2) is 12.5 Å². The van der Waals surface area contributed by atoms with Gasteiger partial charge in [-0.25, -0.2) is 0 Å². The molecule has 2 N–H and O–H groups in total. The second-order valence-corrected chi connectivity index (χ2v) is 5.01. The van der Waals surface area contributed by atoms with Crippen molar-refractivity contribution in [2.45, 2.75) is 18.6 Å². The summed E-state index contributed by atoms with van der Waals surface area (Å²) in [6, 6.07) is 8.64. The first-order valence-electron chi connectivity index (χ1n) is 5.64. The monoisotopic (exact) mass is 305 g/mol. The van der Waals surface area contributed by atoms with Gasteiger partial charge in [0.15, 0.2) is 0 Å². The zero-order chi connectivity index (χ0) is 14.8. The van der Waals surface area contributed by atoms with Crippen LogP contribution in [0.5, 0.6) is 5.75 Å². The number of rotatable bonds is 5. The van der Waals surface area contributed by atoms with E-state index in [2.05, 4.69) is 4.74 Å². The lowest BCUT2D eigenvalue weighted by atomic mass is 10.1. The second kappa shape index (κ2) is 5.80. The number of ether oxygens (including phenoxy) is 1. The Morgan fingerprint density at radius 2 is 1.75 bits per heavy atom. The van der Waals surface area contributed by atoms with Gasteiger partial charge in [0.2, 0.25) is 0 Å². The third kappa shape index (κ3) is 3.29. The minimum atomic E-state index is -4.50. The fraction of sp³-hybridized carbons (Fsp3) is 0.231. The number of nitrogens with two attached hydrogens (primary N) is 1. The predicted molar refractivity (Wildman–Crippen MR) is 68.4 cm³/mol. The van der Waals surface area contributed by atoms with E-state index in [9.17, 15) is 17.6 Å². The third-order valence-corrected chi connectivity index (χ3v) is 3.55. The summed E-state index contributed by atoms with van der Waals surface area (Å²) in [5.41, 5.74) is 6.67. The molecular formula is C13H11F4NOS. The minimum absolute atomic E-state index is 0.336. The molecule has 2 rings (SSSR count). The SMILES string of the molecule is N[C@@H](c1ccc(OC(F)(F)C(F)F)cc1)c1cccs1. The highest BCUT2D eigenvalue weighted by Gasteiger charge is 2.43. The van der Waals surface area contributed by atoms with Gasteiger partial charge in [0.1, 0.15) is 5.75 Å². The van der Waals surface area contributed by atoms with E-state index in [0.717, 1.165) is 4.88 Å². The van der Waals surface area contributed by atoms with Crippen LogP contribution in [0.1, 0.15) is 16.5 Å². The summed E-state index contributed by atoms with van der Waals surface area (Å²) in [7, 11) is 0. The summed E-state index contributed by atoms with van der Waals surface area (Å²) >= 11 is 1.47. The quantitative estimate of drug-likeness (QED) is 0.846. The van der Waals surface area contributed by atoms with Gasteiger partial charge >= 0.3 is 12.5 Å². The standard InChI is InChI=1S/C13H11F4NOS/c14-12(15)13(16,17)19-9-5-3-8(4-6-9)11(18)10-2-1-7-20-10/h1-7,11-12H,18H2/t11-/m0/s1. The van der Waals surface area contributed by atoms with Crippen molar-refractivity contribution in [1.82, 2.24) is 0 Å². The van der Waals surface area contributed by atoms with Crippen LogP contribution < -0.4 is 10.5 Å². The van der Waals surface area contributed by atoms with Crippen LogP contribution in [0.4, 0.5) is 17.6 Å². The van der Waals surface area contributed by atoms with E-state index in [1.807, 2.05) is 17.5 Å². The van der Waals surface area contributed by atoms with Gasteiger partial charge in [0, 0.05) is 4.88 Å². The smallest absolute Gasteiger partial charge is 0.428 e. The van der Waals surface area contributed by atoms with Crippen LogP contribution in [0.25, 0.3) is 0 Å². The van der Waals surface area contributed by atoms with Gasteiger partial charge in [-0.15, -0.1) is 11.3 Å². The Morgan fingerprint density at radius 1 is 1.10 bits per heavy atom. The normalized spacial score (nSPS) is 13.5. The molecule has 2 nitrogen and oxygen atoms in total. The maximum Gasteiger partial charge on any atom is 0.461 e. The van der Waals surface area contributed by atoms with Crippen molar-refractivity contribution in [3.8, 4) is 5.75 Å². The van der Waals surface area contributed by atoms with Crippen molar-refractivity contribution in [2.75, 3.05) is 0 Å². The molecule has 0 saturated carbocycles. The molecule has 0 unspecified atom stereocenters. The van der Waals surface area contributed by atoms with Crippen molar-refractivity contribution in [1.29, 1.82) is 0 Å². The Labute approximate surface area is 116 Å². The molecule has 1 aromatic carbocycles. The molecule has 0 aliphatic carbocycles. The lowest BCUT2D eigenvalue weighted by Gasteiger charge is -2.17. The van der Waals surface area contributed by atoms with E-state index in [1.54, 1.807) is 0 Å². The molecule has 20 heavy (non-hydrogen) atoms. The number of hydrogen-bond donors (Lipinski definition) is 1. The van der Waals surface area contributed by atoms with E-state index < -0.39 is 12.5 Å². The first kappa shape index (κ1) is 14.8. The molecule has 0 aliphatic heterocycles. The van der Waals surface area contributed by atoms with E-state index in [4.69, 9.17) is 5.73 Å². The van der Waals surface area contributed by atoms with Gasteiger partial charge in [-0.05, 0) is 29.1 Å². The van der Waals surface area contributed by atoms with Crippen LogP contribution >= 0.6 is 11.3 Å². The number of benzene rings is 1.